The van der Waals surface area contributed by atoms with Crippen LogP contribution in [0.25, 0.3) is 11.4 Å². The number of carboxylic acids is 2. The van der Waals surface area contributed by atoms with Crippen LogP contribution in [0.4, 0.5) is 13.2 Å². The Morgan fingerprint density at radius 3 is 2.08 bits per heavy atom. The normalized spacial score (nSPS) is 10.6. The summed E-state index contributed by atoms with van der Waals surface area (Å²) in [5.41, 5.74) is 1.38. The highest BCUT2D eigenvalue weighted by Gasteiger charge is 2.38. The van der Waals surface area contributed by atoms with Gasteiger partial charge < -0.3 is 15.3 Å². The van der Waals surface area contributed by atoms with E-state index in [0.29, 0.717) is 17.9 Å². The second kappa shape index (κ2) is 9.36. The molecule has 140 valence electrons. The van der Waals surface area contributed by atoms with Gasteiger partial charge in [0.2, 0.25) is 0 Å². The van der Waals surface area contributed by atoms with Crippen molar-refractivity contribution >= 4 is 11.9 Å². The van der Waals surface area contributed by atoms with Crippen molar-refractivity contribution < 1.29 is 42.8 Å². The van der Waals surface area contributed by atoms with Gasteiger partial charge in [-0.15, -0.1) is 0 Å². The maximum absolute atomic E-state index is 10.6. The molecule has 2 aromatic rings. The summed E-state index contributed by atoms with van der Waals surface area (Å²) in [7, 11) is 0. The van der Waals surface area contributed by atoms with Crippen LogP contribution >= 0.6 is 0 Å². The first-order chi connectivity index (χ1) is 12.1. The molecule has 12 heteroatoms. The van der Waals surface area contributed by atoms with Crippen LogP contribution in [0.1, 0.15) is 12.0 Å². The van der Waals surface area contributed by atoms with Crippen molar-refractivity contribution in [3.8, 4) is 11.4 Å². The fourth-order valence-corrected chi connectivity index (χ4v) is 1.44. The molecule has 2 heterocycles. The summed E-state index contributed by atoms with van der Waals surface area (Å²) in [6, 6.07) is 1.77. The molecule has 0 aliphatic rings. The molecular weight excluding hydrogens is 361 g/mol. The topological polar surface area (TPSA) is 137 Å². The summed E-state index contributed by atoms with van der Waals surface area (Å²) in [5.74, 6) is -3.11. The molecule has 0 radical (unpaired) electrons. The van der Waals surface area contributed by atoms with Crippen LogP contribution in [-0.2, 0) is 22.7 Å². The number of aryl methyl sites for hydroxylation is 1. The minimum atomic E-state index is -5.08. The van der Waals surface area contributed by atoms with E-state index in [1.807, 2.05) is 0 Å². The summed E-state index contributed by atoms with van der Waals surface area (Å²) in [5, 5.41) is 28.7. The van der Waals surface area contributed by atoms with Crippen LogP contribution in [-0.4, -0.2) is 48.5 Å². The molecule has 0 spiro atoms. The minimum Gasteiger partial charge on any atom is -0.481 e. The largest absolute Gasteiger partial charge is 0.490 e. The van der Waals surface area contributed by atoms with Crippen LogP contribution in [0.2, 0.25) is 0 Å². The van der Waals surface area contributed by atoms with E-state index >= 15 is 0 Å². The number of carbonyl (C=O) groups is 2. The van der Waals surface area contributed by atoms with Gasteiger partial charge in [0.25, 0.3) is 0 Å². The number of hydrogen-bond acceptors (Lipinski definition) is 6. The number of rotatable bonds is 5. The maximum Gasteiger partial charge on any atom is 0.490 e. The molecule has 2 rings (SSSR count). The Hall–Kier alpha value is -3.15. The molecule has 0 fully saturated rings. The van der Waals surface area contributed by atoms with Crippen molar-refractivity contribution in [2.45, 2.75) is 25.7 Å². The van der Waals surface area contributed by atoms with Crippen LogP contribution in [0.3, 0.4) is 0 Å². The summed E-state index contributed by atoms with van der Waals surface area (Å²) >= 11 is 0. The van der Waals surface area contributed by atoms with E-state index in [2.05, 4.69) is 15.1 Å². The molecule has 0 unspecified atom stereocenters. The monoisotopic (exact) mass is 375 g/mol. The average molecular weight is 375 g/mol. The Bertz CT molecular complexity index is 736. The Labute approximate surface area is 144 Å². The van der Waals surface area contributed by atoms with E-state index in [9.17, 15) is 18.0 Å². The third kappa shape index (κ3) is 7.17. The second-order valence-corrected chi connectivity index (χ2v) is 4.70. The van der Waals surface area contributed by atoms with Gasteiger partial charge in [0.05, 0.1) is 6.61 Å². The predicted molar refractivity (Wildman–Crippen MR) is 77.3 cm³/mol. The Balaban J connectivity index is 0.000000412. The number of halogens is 3. The van der Waals surface area contributed by atoms with Crippen molar-refractivity contribution in [2.75, 3.05) is 0 Å². The molecule has 2 aromatic heterocycles. The fourth-order valence-electron chi connectivity index (χ4n) is 1.44. The molecule has 26 heavy (non-hydrogen) atoms. The van der Waals surface area contributed by atoms with Gasteiger partial charge in [-0.05, 0) is 5.10 Å². The van der Waals surface area contributed by atoms with Crippen LogP contribution in [0.5, 0.6) is 0 Å². The van der Waals surface area contributed by atoms with Gasteiger partial charge >= 0.3 is 18.1 Å². The first-order valence-electron chi connectivity index (χ1n) is 6.93. The number of aliphatic hydroxyl groups is 1. The fraction of sp³-hybridized carbons (Fsp3) is 0.286. The van der Waals surface area contributed by atoms with E-state index in [4.69, 9.17) is 20.1 Å². The van der Waals surface area contributed by atoms with Crippen molar-refractivity contribution in [3.63, 3.8) is 0 Å². The third-order valence-electron chi connectivity index (χ3n) is 2.71. The van der Waals surface area contributed by atoms with Crippen molar-refractivity contribution in [3.05, 3.63) is 36.4 Å². The molecular formula is C14H14F3N4O5+. The lowest BCUT2D eigenvalue weighted by atomic mass is 10.3. The lowest BCUT2D eigenvalue weighted by Gasteiger charge is -1.99. The SMILES string of the molecule is O=C(O)C(F)(F)F.O=C(O)CC[n+]1ccc(-c2ncc(CO)cn2)cn1. The number of alkyl halides is 3. The number of hydrogen-bond donors (Lipinski definition) is 3. The molecule has 9 nitrogen and oxygen atoms in total. The van der Waals surface area contributed by atoms with Crippen molar-refractivity contribution in [2.24, 2.45) is 0 Å². The summed E-state index contributed by atoms with van der Waals surface area (Å²) < 4.78 is 33.3. The minimum absolute atomic E-state index is 0.0265. The van der Waals surface area contributed by atoms with Gasteiger partial charge in [-0.25, -0.2) is 14.8 Å². The van der Waals surface area contributed by atoms with Crippen molar-refractivity contribution in [1.82, 2.24) is 15.1 Å². The molecule has 0 bridgehead atoms. The molecule has 0 saturated heterocycles. The Morgan fingerprint density at radius 1 is 1.12 bits per heavy atom. The lowest BCUT2D eigenvalue weighted by Crippen LogP contribution is -2.38. The Morgan fingerprint density at radius 2 is 1.69 bits per heavy atom. The first kappa shape index (κ1) is 20.9. The standard InChI is InChI=1S/C12H12N4O3.C2HF3O2/c17-8-9-5-13-12(14-6-9)10-1-3-16(15-7-10)4-2-11(18)19;3-2(4,5)1(6)7/h1,3,5-7,17H,2,4,8H2;(H,6,7)/p+1. The summed E-state index contributed by atoms with van der Waals surface area (Å²) in [4.78, 5) is 27.6. The molecule has 0 amide bonds. The van der Waals surface area contributed by atoms with Crippen molar-refractivity contribution in [1.29, 1.82) is 0 Å². The van der Waals surface area contributed by atoms with Gasteiger partial charge in [-0.2, -0.15) is 13.2 Å². The molecule has 0 aromatic carbocycles. The molecule has 0 atom stereocenters. The predicted octanol–water partition coefficient (Wildman–Crippen LogP) is 0.426. The zero-order valence-electron chi connectivity index (χ0n) is 13.1. The van der Waals surface area contributed by atoms with E-state index in [1.165, 1.54) is 0 Å². The zero-order valence-corrected chi connectivity index (χ0v) is 13.1. The summed E-state index contributed by atoms with van der Waals surface area (Å²) in [6.07, 6.45) is 1.30. The highest BCUT2D eigenvalue weighted by Crippen LogP contribution is 2.13. The smallest absolute Gasteiger partial charge is 0.481 e. The number of aromatic nitrogens is 4. The van der Waals surface area contributed by atoms with Gasteiger partial charge in [-0.1, -0.05) is 4.68 Å². The first-order valence-corrected chi connectivity index (χ1v) is 6.93. The van der Waals surface area contributed by atoms with Gasteiger partial charge in [-0.3, -0.25) is 4.79 Å². The van der Waals surface area contributed by atoms with Crippen LogP contribution in [0.15, 0.2) is 30.9 Å². The lowest BCUT2D eigenvalue weighted by molar-refractivity contribution is -0.752. The quantitative estimate of drug-likeness (QED) is 0.640. The average Bonchev–Trinajstić information content (AvgIpc) is 2.60. The molecule has 0 aliphatic carbocycles. The number of nitrogens with zero attached hydrogens (tertiary/aromatic N) is 4. The highest BCUT2D eigenvalue weighted by molar-refractivity contribution is 5.73. The highest BCUT2D eigenvalue weighted by atomic mass is 19.4. The number of aliphatic hydroxyl groups excluding tert-OH is 1. The molecule has 0 saturated carbocycles. The molecule has 0 aliphatic heterocycles. The van der Waals surface area contributed by atoms with Crippen LogP contribution in [0, 0.1) is 0 Å². The number of aliphatic carboxylic acids is 2. The van der Waals surface area contributed by atoms with Gasteiger partial charge in [0.1, 0.15) is 12.6 Å². The molecule has 3 N–H and O–H groups in total. The van der Waals surface area contributed by atoms with E-state index in [-0.39, 0.29) is 13.0 Å². The van der Waals surface area contributed by atoms with E-state index in [0.717, 1.165) is 5.56 Å². The summed E-state index contributed by atoms with van der Waals surface area (Å²) in [6.45, 7) is 0.225. The number of carboxylic acid groups (broad SMARTS) is 2. The van der Waals surface area contributed by atoms with E-state index in [1.54, 1.807) is 35.5 Å². The Kier molecular flexibility index (Phi) is 7.52. The second-order valence-electron chi connectivity index (χ2n) is 4.70. The van der Waals surface area contributed by atoms with Gasteiger partial charge in [0.15, 0.2) is 18.6 Å². The van der Waals surface area contributed by atoms with E-state index < -0.39 is 18.1 Å². The zero-order chi connectivity index (χ0) is 19.7. The third-order valence-corrected chi connectivity index (χ3v) is 2.71. The van der Waals surface area contributed by atoms with Crippen LogP contribution < -0.4 is 4.68 Å². The van der Waals surface area contributed by atoms with Gasteiger partial charge in [0, 0.05) is 29.6 Å². The maximum atomic E-state index is 10.6.